The Morgan fingerprint density at radius 3 is 2.24 bits per heavy atom. The van der Waals surface area contributed by atoms with Gasteiger partial charge in [-0.3, -0.25) is 14.9 Å². The molecule has 0 atom stereocenters. The summed E-state index contributed by atoms with van der Waals surface area (Å²) in [7, 11) is 1.56. The Hall–Kier alpha value is -4.10. The number of thiazole rings is 1. The first-order valence-corrected chi connectivity index (χ1v) is 11.2. The molecule has 0 saturated heterocycles. The van der Waals surface area contributed by atoms with Crippen LogP contribution in [0.2, 0.25) is 0 Å². The SMILES string of the molecule is Cc1cccc2sc(NC(=O)c3c(-c4ccccc4)c(-c4ccccc4)nn(C)c3=O)nc12. The number of aromatic nitrogens is 3. The number of rotatable bonds is 4. The minimum Gasteiger partial charge on any atom is -0.298 e. The van der Waals surface area contributed by atoms with E-state index in [1.807, 2.05) is 85.8 Å². The van der Waals surface area contributed by atoms with Gasteiger partial charge < -0.3 is 0 Å². The van der Waals surface area contributed by atoms with Crippen LogP contribution in [0.25, 0.3) is 32.6 Å². The van der Waals surface area contributed by atoms with Crippen LogP contribution in [0.1, 0.15) is 15.9 Å². The Kier molecular flexibility index (Phi) is 5.32. The molecule has 1 amide bonds. The van der Waals surface area contributed by atoms with Crippen molar-refractivity contribution in [3.8, 4) is 22.4 Å². The molecule has 33 heavy (non-hydrogen) atoms. The molecule has 1 N–H and O–H groups in total. The molecule has 2 heterocycles. The molecule has 0 aliphatic carbocycles. The van der Waals surface area contributed by atoms with Crippen LogP contribution in [0.3, 0.4) is 0 Å². The van der Waals surface area contributed by atoms with Gasteiger partial charge in [-0.15, -0.1) is 0 Å². The van der Waals surface area contributed by atoms with E-state index in [0.29, 0.717) is 16.4 Å². The van der Waals surface area contributed by atoms with E-state index in [9.17, 15) is 9.59 Å². The predicted molar refractivity (Wildman–Crippen MR) is 133 cm³/mol. The average molecular weight is 453 g/mol. The maximum Gasteiger partial charge on any atom is 0.280 e. The van der Waals surface area contributed by atoms with Gasteiger partial charge in [0.15, 0.2) is 5.13 Å². The van der Waals surface area contributed by atoms with Crippen molar-refractivity contribution in [1.82, 2.24) is 14.8 Å². The highest BCUT2D eigenvalue weighted by Gasteiger charge is 2.25. The number of carbonyl (C=O) groups excluding carboxylic acids is 1. The van der Waals surface area contributed by atoms with Crippen molar-refractivity contribution < 1.29 is 4.79 Å². The van der Waals surface area contributed by atoms with E-state index in [2.05, 4.69) is 15.4 Å². The van der Waals surface area contributed by atoms with E-state index >= 15 is 0 Å². The zero-order chi connectivity index (χ0) is 22.9. The topological polar surface area (TPSA) is 76.9 Å². The number of anilines is 1. The molecule has 5 aromatic rings. The van der Waals surface area contributed by atoms with Crippen LogP contribution in [-0.2, 0) is 7.05 Å². The lowest BCUT2D eigenvalue weighted by Crippen LogP contribution is -2.31. The number of carbonyl (C=O) groups is 1. The Morgan fingerprint density at radius 1 is 0.909 bits per heavy atom. The van der Waals surface area contributed by atoms with Gasteiger partial charge in [0.05, 0.1) is 15.9 Å². The molecule has 0 radical (unpaired) electrons. The molecule has 2 aromatic heterocycles. The third-order valence-corrected chi connectivity index (χ3v) is 6.36. The van der Waals surface area contributed by atoms with Crippen molar-refractivity contribution in [2.75, 3.05) is 5.32 Å². The number of hydrogen-bond donors (Lipinski definition) is 1. The second kappa shape index (κ2) is 8.44. The molecule has 0 saturated carbocycles. The monoisotopic (exact) mass is 452 g/mol. The first-order chi connectivity index (χ1) is 16.0. The van der Waals surface area contributed by atoms with E-state index in [1.165, 1.54) is 16.0 Å². The van der Waals surface area contributed by atoms with E-state index < -0.39 is 11.5 Å². The summed E-state index contributed by atoms with van der Waals surface area (Å²) in [5.41, 5.74) is 4.06. The van der Waals surface area contributed by atoms with E-state index in [1.54, 1.807) is 7.05 Å². The van der Waals surface area contributed by atoms with Crippen molar-refractivity contribution in [2.24, 2.45) is 7.05 Å². The van der Waals surface area contributed by atoms with Crippen LogP contribution >= 0.6 is 11.3 Å². The summed E-state index contributed by atoms with van der Waals surface area (Å²) in [6, 6.07) is 24.8. The number of amides is 1. The summed E-state index contributed by atoms with van der Waals surface area (Å²) < 4.78 is 2.19. The predicted octanol–water partition coefficient (Wildman–Crippen LogP) is 5.28. The van der Waals surface area contributed by atoms with E-state index in [-0.39, 0.29) is 5.56 Å². The molecule has 0 aliphatic heterocycles. The molecule has 0 aliphatic rings. The van der Waals surface area contributed by atoms with Gasteiger partial charge >= 0.3 is 0 Å². The van der Waals surface area contributed by atoms with Gasteiger partial charge in [0.2, 0.25) is 0 Å². The van der Waals surface area contributed by atoms with E-state index in [0.717, 1.165) is 26.9 Å². The minimum atomic E-state index is -0.509. The van der Waals surface area contributed by atoms with Crippen molar-refractivity contribution in [2.45, 2.75) is 6.92 Å². The quantitative estimate of drug-likeness (QED) is 0.402. The second-order valence-electron chi connectivity index (χ2n) is 7.65. The summed E-state index contributed by atoms with van der Waals surface area (Å²) in [5, 5.41) is 7.83. The van der Waals surface area contributed by atoms with Crippen LogP contribution in [-0.4, -0.2) is 20.7 Å². The normalized spacial score (nSPS) is 11.0. The molecule has 0 fully saturated rings. The third-order valence-electron chi connectivity index (χ3n) is 5.42. The summed E-state index contributed by atoms with van der Waals surface area (Å²) in [6.07, 6.45) is 0. The van der Waals surface area contributed by atoms with Crippen LogP contribution < -0.4 is 10.9 Å². The molecular weight excluding hydrogens is 432 g/mol. The van der Waals surface area contributed by atoms with Crippen molar-refractivity contribution in [1.29, 1.82) is 0 Å². The van der Waals surface area contributed by atoms with Crippen LogP contribution in [0.5, 0.6) is 0 Å². The summed E-state index contributed by atoms with van der Waals surface area (Å²) >= 11 is 1.38. The standard InChI is InChI=1S/C26H20N4O2S/c1-16-10-9-15-19-22(16)27-26(33-19)28-24(31)21-20(17-11-5-3-6-12-17)23(29-30(2)25(21)32)18-13-7-4-8-14-18/h3-15H,1-2H3,(H,27,28,31). The molecule has 3 aromatic carbocycles. The second-order valence-corrected chi connectivity index (χ2v) is 8.68. The fourth-order valence-electron chi connectivity index (χ4n) is 3.83. The highest BCUT2D eigenvalue weighted by molar-refractivity contribution is 7.22. The molecule has 0 unspecified atom stereocenters. The molecule has 5 rings (SSSR count). The summed E-state index contributed by atoms with van der Waals surface area (Å²) in [6.45, 7) is 1.98. The Bertz CT molecular complexity index is 1540. The zero-order valence-electron chi connectivity index (χ0n) is 18.1. The highest BCUT2D eigenvalue weighted by Crippen LogP contribution is 2.33. The van der Waals surface area contributed by atoms with Gasteiger partial charge in [-0.1, -0.05) is 84.1 Å². The molecule has 0 spiro atoms. The van der Waals surface area contributed by atoms with Gasteiger partial charge in [0.1, 0.15) is 5.56 Å². The van der Waals surface area contributed by atoms with Crippen molar-refractivity contribution in [3.05, 3.63) is 100 Å². The molecule has 7 heteroatoms. The van der Waals surface area contributed by atoms with Gasteiger partial charge in [-0.05, 0) is 24.1 Å². The lowest BCUT2D eigenvalue weighted by atomic mass is 9.95. The fraction of sp³-hybridized carbons (Fsp3) is 0.0769. The van der Waals surface area contributed by atoms with Gasteiger partial charge in [0.25, 0.3) is 11.5 Å². The Morgan fingerprint density at radius 2 is 1.58 bits per heavy atom. The molecular formula is C26H20N4O2S. The Labute approximate surface area is 194 Å². The molecule has 6 nitrogen and oxygen atoms in total. The lowest BCUT2D eigenvalue weighted by Gasteiger charge is -2.15. The maximum atomic E-state index is 13.5. The summed E-state index contributed by atoms with van der Waals surface area (Å²) in [4.78, 5) is 31.3. The average Bonchev–Trinajstić information content (AvgIpc) is 3.25. The number of nitrogens with zero attached hydrogens (tertiary/aromatic N) is 3. The van der Waals surface area contributed by atoms with Crippen LogP contribution in [0.15, 0.2) is 83.7 Å². The fourth-order valence-corrected chi connectivity index (χ4v) is 4.77. The van der Waals surface area contributed by atoms with Gasteiger partial charge in [-0.2, -0.15) is 5.10 Å². The number of aryl methyl sites for hydroxylation is 2. The lowest BCUT2D eigenvalue weighted by molar-refractivity contribution is 0.102. The number of nitrogens with one attached hydrogen (secondary N) is 1. The van der Waals surface area contributed by atoms with Crippen molar-refractivity contribution >= 4 is 32.6 Å². The first-order valence-electron chi connectivity index (χ1n) is 10.4. The minimum absolute atomic E-state index is 0.0357. The maximum absolute atomic E-state index is 13.5. The van der Waals surface area contributed by atoms with E-state index in [4.69, 9.17) is 0 Å². The number of hydrogen-bond acceptors (Lipinski definition) is 5. The third kappa shape index (κ3) is 3.83. The molecule has 0 bridgehead atoms. The zero-order valence-corrected chi connectivity index (χ0v) is 18.9. The van der Waals surface area contributed by atoms with Crippen molar-refractivity contribution in [3.63, 3.8) is 0 Å². The molecule has 162 valence electrons. The number of para-hydroxylation sites is 1. The summed E-state index contributed by atoms with van der Waals surface area (Å²) in [5.74, 6) is -0.509. The first kappa shape index (κ1) is 20.8. The van der Waals surface area contributed by atoms with Crippen LogP contribution in [0.4, 0.5) is 5.13 Å². The Balaban J connectivity index is 1.70. The largest absolute Gasteiger partial charge is 0.298 e. The number of benzene rings is 3. The highest BCUT2D eigenvalue weighted by atomic mass is 32.1. The van der Waals surface area contributed by atoms with Crippen LogP contribution in [0, 0.1) is 6.92 Å². The smallest absolute Gasteiger partial charge is 0.280 e. The number of fused-ring (bicyclic) bond motifs is 1. The van der Waals surface area contributed by atoms with Gasteiger partial charge in [0, 0.05) is 18.2 Å². The van der Waals surface area contributed by atoms with Gasteiger partial charge in [-0.25, -0.2) is 9.67 Å².